The summed E-state index contributed by atoms with van der Waals surface area (Å²) in [6.07, 6.45) is 0. The summed E-state index contributed by atoms with van der Waals surface area (Å²) < 4.78 is 36.8. The van der Waals surface area contributed by atoms with Gasteiger partial charge in [-0.15, -0.1) is 5.10 Å². The van der Waals surface area contributed by atoms with Crippen LogP contribution in [-0.2, 0) is 21.8 Å². The summed E-state index contributed by atoms with van der Waals surface area (Å²) in [6, 6.07) is -0.198. The van der Waals surface area contributed by atoms with E-state index in [1.807, 2.05) is 0 Å². The molecule has 1 aromatic heterocycles. The third kappa shape index (κ3) is 3.98. The predicted octanol–water partition coefficient (Wildman–Crippen LogP) is -1.54. The summed E-state index contributed by atoms with van der Waals surface area (Å²) in [4.78, 5) is 16.2. The molecule has 0 radical (unpaired) electrons. The van der Waals surface area contributed by atoms with E-state index in [0.717, 1.165) is 4.31 Å². The maximum absolute atomic E-state index is 12.2. The van der Waals surface area contributed by atoms with Gasteiger partial charge in [-0.25, -0.2) is 17.4 Å². The number of aryl methyl sites for hydroxylation is 1. The lowest BCUT2D eigenvalue weighted by atomic mass is 10.1. The van der Waals surface area contributed by atoms with Gasteiger partial charge >= 0.3 is 6.01 Å². The average Bonchev–Trinajstić information content (AvgIpc) is 3.05. The van der Waals surface area contributed by atoms with Gasteiger partial charge in [0.25, 0.3) is 5.91 Å². The molecule has 11 heteroatoms. The van der Waals surface area contributed by atoms with Crippen LogP contribution in [0.15, 0.2) is 0 Å². The number of nitrogens with one attached hydrogen (secondary N) is 1. The zero-order chi connectivity index (χ0) is 17.2. The summed E-state index contributed by atoms with van der Waals surface area (Å²) >= 11 is 0. The molecule has 2 rings (SSSR count). The Bertz CT molecular complexity index is 671. The molecule has 130 valence electrons. The van der Waals surface area contributed by atoms with E-state index in [1.165, 1.54) is 25.9 Å². The van der Waals surface area contributed by atoms with Crippen LogP contribution in [0.3, 0.4) is 0 Å². The van der Waals surface area contributed by atoms with Gasteiger partial charge in [-0.3, -0.25) is 4.79 Å². The van der Waals surface area contributed by atoms with Gasteiger partial charge in [0.1, 0.15) is 0 Å². The largest absolute Gasteiger partial charge is 0.467 e. The smallest absolute Gasteiger partial charge is 0.314 e. The van der Waals surface area contributed by atoms with Crippen molar-refractivity contribution in [1.82, 2.24) is 24.4 Å². The summed E-state index contributed by atoms with van der Waals surface area (Å²) in [5.41, 5.74) is 0. The average molecular weight is 347 g/mol. The molecule has 0 spiro atoms. The quantitative estimate of drug-likeness (QED) is 0.663. The monoisotopic (exact) mass is 347 g/mol. The first-order valence-electron chi connectivity index (χ1n) is 6.98. The van der Waals surface area contributed by atoms with Gasteiger partial charge in [0.2, 0.25) is 15.8 Å². The Balaban J connectivity index is 2.04. The molecule has 10 nitrogen and oxygen atoms in total. The highest BCUT2D eigenvalue weighted by Crippen LogP contribution is 2.17. The van der Waals surface area contributed by atoms with Gasteiger partial charge in [0, 0.05) is 27.1 Å². The topological polar surface area (TPSA) is 116 Å². The van der Waals surface area contributed by atoms with Crippen molar-refractivity contribution >= 4 is 15.9 Å². The van der Waals surface area contributed by atoms with E-state index >= 15 is 0 Å². The Kier molecular flexibility index (Phi) is 5.22. The highest BCUT2D eigenvalue weighted by Gasteiger charge is 2.35. The Hall–Kier alpha value is -1.72. The van der Waals surface area contributed by atoms with Gasteiger partial charge < -0.3 is 14.8 Å². The van der Waals surface area contributed by atoms with Gasteiger partial charge in [0.05, 0.1) is 32.1 Å². The van der Waals surface area contributed by atoms with Crippen molar-refractivity contribution in [3.63, 3.8) is 0 Å². The van der Waals surface area contributed by atoms with Crippen LogP contribution in [0, 0.1) is 5.92 Å². The maximum Gasteiger partial charge on any atom is 0.314 e. The molecule has 1 aromatic rings. The van der Waals surface area contributed by atoms with Crippen molar-refractivity contribution in [1.29, 1.82) is 0 Å². The molecule has 1 N–H and O–H groups in total. The molecule has 1 amide bonds. The van der Waals surface area contributed by atoms with E-state index in [2.05, 4.69) is 15.4 Å². The Morgan fingerprint density at radius 3 is 2.74 bits per heavy atom. The lowest BCUT2D eigenvalue weighted by molar-refractivity contribution is 0.0915. The lowest BCUT2D eigenvalue weighted by Crippen LogP contribution is -2.43. The highest BCUT2D eigenvalue weighted by molar-refractivity contribution is 7.89. The van der Waals surface area contributed by atoms with Crippen molar-refractivity contribution in [2.45, 2.75) is 6.04 Å². The second kappa shape index (κ2) is 6.81. The molecule has 2 heterocycles. The number of rotatable bonds is 6. The van der Waals surface area contributed by atoms with Crippen LogP contribution in [0.2, 0.25) is 0 Å². The van der Waals surface area contributed by atoms with Crippen molar-refractivity contribution in [3.05, 3.63) is 5.82 Å². The van der Waals surface area contributed by atoms with Gasteiger partial charge in [-0.2, -0.15) is 4.98 Å². The molecular weight excluding hydrogens is 326 g/mol. The molecule has 1 aliphatic heterocycles. The first-order chi connectivity index (χ1) is 10.7. The van der Waals surface area contributed by atoms with Crippen molar-refractivity contribution in [3.8, 4) is 6.01 Å². The number of carbonyl (C=O) groups excluding carboxylic acids is 1. The fraction of sp³-hybridized carbons (Fsp3) is 0.750. The van der Waals surface area contributed by atoms with Crippen molar-refractivity contribution in [2.24, 2.45) is 13.0 Å². The number of nitrogens with zero attached hydrogens (tertiary/aromatic N) is 4. The molecular formula is C12H21N5O5S. The molecule has 1 fully saturated rings. The van der Waals surface area contributed by atoms with Crippen molar-refractivity contribution in [2.75, 3.05) is 40.2 Å². The molecule has 1 saturated heterocycles. The van der Waals surface area contributed by atoms with E-state index in [0.29, 0.717) is 0 Å². The van der Waals surface area contributed by atoms with Gasteiger partial charge in [-0.1, -0.05) is 0 Å². The summed E-state index contributed by atoms with van der Waals surface area (Å²) in [5, 5.41) is 6.68. The number of aromatic nitrogens is 3. The molecule has 0 saturated carbocycles. The second-order valence-corrected chi connectivity index (χ2v) is 7.71. The molecule has 1 aliphatic rings. The van der Waals surface area contributed by atoms with E-state index in [9.17, 15) is 13.2 Å². The molecule has 0 aliphatic carbocycles. The summed E-state index contributed by atoms with van der Waals surface area (Å²) in [5.74, 6) is -0.946. The van der Waals surface area contributed by atoms with E-state index < -0.39 is 22.0 Å². The fourth-order valence-electron chi connectivity index (χ4n) is 2.22. The van der Waals surface area contributed by atoms with Gasteiger partial charge in [-0.05, 0) is 0 Å². The van der Waals surface area contributed by atoms with Crippen LogP contribution in [0.4, 0.5) is 0 Å². The normalized spacial score (nSPS) is 21.6. The summed E-state index contributed by atoms with van der Waals surface area (Å²) in [7, 11) is 2.61. The summed E-state index contributed by atoms with van der Waals surface area (Å²) in [6.45, 7) is 0.528. The molecule has 0 aromatic carbocycles. The van der Waals surface area contributed by atoms with Gasteiger partial charge in [0.15, 0.2) is 0 Å². The lowest BCUT2D eigenvalue weighted by Gasteiger charge is -2.20. The Labute approximate surface area is 134 Å². The highest BCUT2D eigenvalue weighted by atomic mass is 32.2. The zero-order valence-electron chi connectivity index (χ0n) is 13.5. The van der Waals surface area contributed by atoms with Crippen LogP contribution < -0.4 is 10.1 Å². The van der Waals surface area contributed by atoms with E-state index in [-0.39, 0.29) is 36.7 Å². The maximum atomic E-state index is 12.2. The standard InChI is InChI=1S/C12H21N5O5S/c1-16(2)23(19,20)7-8-5-22-6-9(8)13-11(18)10-14-12(21-4)17(3)15-10/h8-9H,5-7H2,1-4H3,(H,13,18)/t8-,9+/m0/s1. The number of methoxy groups -OCH3 is 1. The number of hydrogen-bond acceptors (Lipinski definition) is 7. The third-order valence-electron chi connectivity index (χ3n) is 3.60. The molecule has 0 unspecified atom stereocenters. The number of ether oxygens (including phenoxy) is 2. The van der Waals surface area contributed by atoms with E-state index in [4.69, 9.17) is 9.47 Å². The third-order valence-corrected chi connectivity index (χ3v) is 5.57. The number of amides is 1. The number of carbonyl (C=O) groups is 1. The Morgan fingerprint density at radius 1 is 1.48 bits per heavy atom. The minimum atomic E-state index is -3.37. The minimum absolute atomic E-state index is 0.0366. The first-order valence-corrected chi connectivity index (χ1v) is 8.59. The fourth-order valence-corrected chi connectivity index (χ4v) is 3.39. The van der Waals surface area contributed by atoms with Crippen LogP contribution in [0.1, 0.15) is 10.6 Å². The van der Waals surface area contributed by atoms with Crippen molar-refractivity contribution < 1.29 is 22.7 Å². The van der Waals surface area contributed by atoms with Crippen LogP contribution in [-0.4, -0.2) is 79.6 Å². The van der Waals surface area contributed by atoms with Crippen LogP contribution in [0.5, 0.6) is 6.01 Å². The second-order valence-electron chi connectivity index (χ2n) is 5.48. The number of hydrogen-bond donors (Lipinski definition) is 1. The Morgan fingerprint density at radius 2 is 2.17 bits per heavy atom. The first kappa shape index (κ1) is 17.6. The zero-order valence-corrected chi connectivity index (χ0v) is 14.3. The van der Waals surface area contributed by atoms with Crippen LogP contribution in [0.25, 0.3) is 0 Å². The molecule has 2 atom stereocenters. The molecule has 23 heavy (non-hydrogen) atoms. The predicted molar refractivity (Wildman–Crippen MR) is 80.6 cm³/mol. The number of sulfonamides is 1. The molecule has 0 bridgehead atoms. The minimum Gasteiger partial charge on any atom is -0.467 e. The van der Waals surface area contributed by atoms with E-state index in [1.54, 1.807) is 7.05 Å². The SMILES string of the molecule is COc1nc(C(=O)N[C@@H]2COC[C@H]2CS(=O)(=O)N(C)C)nn1C. The van der Waals surface area contributed by atoms with Crippen LogP contribution >= 0.6 is 0 Å².